The Morgan fingerprint density at radius 2 is 1.95 bits per heavy atom. The number of hydrogen-bond acceptors (Lipinski definition) is 2. The molecule has 1 aliphatic rings. The van der Waals surface area contributed by atoms with Crippen molar-refractivity contribution in [3.63, 3.8) is 0 Å². The molecule has 1 aromatic rings. The standard InChI is InChI=1S/C18H28N2O/c1-4-5-9-20-10-7-6-8-17(20)18(21)19-16-12-14(2)11-15(3)13-16/h11-13,17H,4-10H2,1-3H3,(H,19,21). The number of anilines is 1. The van der Waals surface area contributed by atoms with Gasteiger partial charge < -0.3 is 5.32 Å². The minimum absolute atomic E-state index is 0.0473. The molecule has 1 saturated heterocycles. The number of carbonyl (C=O) groups excluding carboxylic acids is 1. The molecule has 1 atom stereocenters. The SMILES string of the molecule is CCCCN1CCCCC1C(=O)Nc1cc(C)cc(C)c1. The predicted octanol–water partition coefficient (Wildman–Crippen LogP) is 3.90. The van der Waals surface area contributed by atoms with Gasteiger partial charge in [-0.1, -0.05) is 25.8 Å². The molecule has 1 aromatic carbocycles. The number of likely N-dealkylation sites (tertiary alicyclic amines) is 1. The van der Waals surface area contributed by atoms with Crippen molar-refractivity contribution in [1.82, 2.24) is 4.90 Å². The highest BCUT2D eigenvalue weighted by Gasteiger charge is 2.28. The van der Waals surface area contributed by atoms with Crippen LogP contribution in [0.3, 0.4) is 0 Å². The van der Waals surface area contributed by atoms with Crippen molar-refractivity contribution in [2.45, 2.75) is 58.9 Å². The highest BCUT2D eigenvalue weighted by Crippen LogP contribution is 2.20. The first-order valence-electron chi connectivity index (χ1n) is 8.23. The molecule has 1 unspecified atom stereocenters. The van der Waals surface area contributed by atoms with Crippen LogP contribution in [0.15, 0.2) is 18.2 Å². The van der Waals surface area contributed by atoms with Crippen molar-refractivity contribution < 1.29 is 4.79 Å². The zero-order chi connectivity index (χ0) is 15.2. The predicted molar refractivity (Wildman–Crippen MR) is 88.7 cm³/mol. The van der Waals surface area contributed by atoms with Gasteiger partial charge >= 0.3 is 0 Å². The second kappa shape index (κ2) is 7.60. The molecule has 0 radical (unpaired) electrons. The van der Waals surface area contributed by atoms with Crippen LogP contribution in [0.5, 0.6) is 0 Å². The van der Waals surface area contributed by atoms with E-state index in [4.69, 9.17) is 0 Å². The average Bonchev–Trinajstić information content (AvgIpc) is 2.44. The summed E-state index contributed by atoms with van der Waals surface area (Å²) in [6, 6.07) is 6.27. The molecule has 1 N–H and O–H groups in total. The fraction of sp³-hybridized carbons (Fsp3) is 0.611. The molecule has 3 nitrogen and oxygen atoms in total. The second-order valence-electron chi connectivity index (χ2n) is 6.27. The van der Waals surface area contributed by atoms with Crippen molar-refractivity contribution in [1.29, 1.82) is 0 Å². The van der Waals surface area contributed by atoms with Crippen molar-refractivity contribution in [3.05, 3.63) is 29.3 Å². The summed E-state index contributed by atoms with van der Waals surface area (Å²) in [5.74, 6) is 0.163. The fourth-order valence-corrected chi connectivity index (χ4v) is 3.19. The number of piperidine rings is 1. The number of amides is 1. The number of benzene rings is 1. The van der Waals surface area contributed by atoms with E-state index in [-0.39, 0.29) is 11.9 Å². The van der Waals surface area contributed by atoms with E-state index in [1.165, 1.54) is 30.4 Å². The van der Waals surface area contributed by atoms with Crippen molar-refractivity contribution in [2.75, 3.05) is 18.4 Å². The normalized spacial score (nSPS) is 19.5. The molecule has 0 spiro atoms. The Labute approximate surface area is 128 Å². The summed E-state index contributed by atoms with van der Waals surface area (Å²) in [6.07, 6.45) is 5.72. The van der Waals surface area contributed by atoms with Crippen LogP contribution < -0.4 is 5.32 Å². The monoisotopic (exact) mass is 288 g/mol. The molecule has 0 aliphatic carbocycles. The first-order chi connectivity index (χ1) is 10.1. The minimum atomic E-state index is 0.0473. The topological polar surface area (TPSA) is 32.3 Å². The first kappa shape index (κ1) is 16.0. The van der Waals surface area contributed by atoms with Gasteiger partial charge in [-0.3, -0.25) is 9.69 Å². The van der Waals surface area contributed by atoms with Crippen LogP contribution in [0.2, 0.25) is 0 Å². The zero-order valence-electron chi connectivity index (χ0n) is 13.6. The fourth-order valence-electron chi connectivity index (χ4n) is 3.19. The molecule has 1 heterocycles. The van der Waals surface area contributed by atoms with Crippen molar-refractivity contribution >= 4 is 11.6 Å². The van der Waals surface area contributed by atoms with Gasteiger partial charge in [0.1, 0.15) is 0 Å². The molecular weight excluding hydrogens is 260 g/mol. The van der Waals surface area contributed by atoms with Crippen LogP contribution in [0, 0.1) is 13.8 Å². The van der Waals surface area contributed by atoms with E-state index >= 15 is 0 Å². The van der Waals surface area contributed by atoms with Gasteiger partial charge in [0.15, 0.2) is 0 Å². The van der Waals surface area contributed by atoms with E-state index in [2.05, 4.69) is 37.1 Å². The van der Waals surface area contributed by atoms with Gasteiger partial charge in [0.25, 0.3) is 0 Å². The van der Waals surface area contributed by atoms with E-state index in [0.717, 1.165) is 31.6 Å². The number of carbonyl (C=O) groups is 1. The lowest BCUT2D eigenvalue weighted by molar-refractivity contribution is -0.122. The van der Waals surface area contributed by atoms with Crippen LogP contribution in [0.4, 0.5) is 5.69 Å². The summed E-state index contributed by atoms with van der Waals surface area (Å²) in [6.45, 7) is 8.44. The Morgan fingerprint density at radius 3 is 2.62 bits per heavy atom. The summed E-state index contributed by atoms with van der Waals surface area (Å²) in [5, 5.41) is 3.12. The zero-order valence-corrected chi connectivity index (χ0v) is 13.6. The number of aryl methyl sites for hydroxylation is 2. The van der Waals surface area contributed by atoms with E-state index < -0.39 is 0 Å². The maximum atomic E-state index is 12.6. The summed E-state index contributed by atoms with van der Waals surface area (Å²) >= 11 is 0. The third kappa shape index (κ3) is 4.57. The lowest BCUT2D eigenvalue weighted by Gasteiger charge is -2.34. The van der Waals surface area contributed by atoms with E-state index in [1.54, 1.807) is 0 Å². The maximum Gasteiger partial charge on any atom is 0.241 e. The first-order valence-corrected chi connectivity index (χ1v) is 8.23. The molecule has 1 fully saturated rings. The van der Waals surface area contributed by atoms with Crippen LogP contribution in [0.1, 0.15) is 50.2 Å². The molecule has 1 aliphatic heterocycles. The molecule has 3 heteroatoms. The smallest absolute Gasteiger partial charge is 0.241 e. The van der Waals surface area contributed by atoms with E-state index in [0.29, 0.717) is 0 Å². The molecule has 116 valence electrons. The Hall–Kier alpha value is -1.35. The Morgan fingerprint density at radius 1 is 1.24 bits per heavy atom. The summed E-state index contributed by atoms with van der Waals surface area (Å²) in [5.41, 5.74) is 3.31. The van der Waals surface area contributed by atoms with Gasteiger partial charge in [-0.2, -0.15) is 0 Å². The molecule has 0 aromatic heterocycles. The Balaban J connectivity index is 2.02. The van der Waals surface area contributed by atoms with Crippen LogP contribution in [-0.2, 0) is 4.79 Å². The minimum Gasteiger partial charge on any atom is -0.325 e. The third-order valence-electron chi connectivity index (χ3n) is 4.20. The Kier molecular flexibility index (Phi) is 5.80. The van der Waals surface area contributed by atoms with Crippen molar-refractivity contribution in [2.24, 2.45) is 0 Å². The summed E-state index contributed by atoms with van der Waals surface area (Å²) in [7, 11) is 0. The number of rotatable bonds is 5. The molecule has 1 amide bonds. The molecule has 2 rings (SSSR count). The van der Waals surface area contributed by atoms with Crippen molar-refractivity contribution in [3.8, 4) is 0 Å². The number of unbranched alkanes of at least 4 members (excludes halogenated alkanes) is 1. The lowest BCUT2D eigenvalue weighted by atomic mass is 10.0. The largest absolute Gasteiger partial charge is 0.325 e. The van der Waals surface area contributed by atoms with Gasteiger partial charge in [0.05, 0.1) is 6.04 Å². The third-order valence-corrected chi connectivity index (χ3v) is 4.20. The molecule has 21 heavy (non-hydrogen) atoms. The molecule has 0 saturated carbocycles. The molecular formula is C18H28N2O. The number of hydrogen-bond donors (Lipinski definition) is 1. The van der Waals surface area contributed by atoms with E-state index in [1.807, 2.05) is 12.1 Å². The highest BCUT2D eigenvalue weighted by molar-refractivity contribution is 5.95. The second-order valence-corrected chi connectivity index (χ2v) is 6.27. The van der Waals surface area contributed by atoms with Crippen LogP contribution in [0.25, 0.3) is 0 Å². The summed E-state index contributed by atoms with van der Waals surface area (Å²) in [4.78, 5) is 15.0. The summed E-state index contributed by atoms with van der Waals surface area (Å²) < 4.78 is 0. The van der Waals surface area contributed by atoms with Gasteiger partial charge in [0.2, 0.25) is 5.91 Å². The molecule has 0 bridgehead atoms. The Bertz CT molecular complexity index is 464. The van der Waals surface area contributed by atoms with Gasteiger partial charge in [-0.15, -0.1) is 0 Å². The lowest BCUT2D eigenvalue weighted by Crippen LogP contribution is -2.47. The van der Waals surface area contributed by atoms with Gasteiger partial charge in [0, 0.05) is 5.69 Å². The van der Waals surface area contributed by atoms with Gasteiger partial charge in [-0.05, 0) is 69.5 Å². The van der Waals surface area contributed by atoms with Crippen LogP contribution >= 0.6 is 0 Å². The number of nitrogens with one attached hydrogen (secondary N) is 1. The van der Waals surface area contributed by atoms with E-state index in [9.17, 15) is 4.79 Å². The quantitative estimate of drug-likeness (QED) is 0.891. The van der Waals surface area contributed by atoms with Gasteiger partial charge in [-0.25, -0.2) is 0 Å². The highest BCUT2D eigenvalue weighted by atomic mass is 16.2. The average molecular weight is 288 g/mol. The maximum absolute atomic E-state index is 12.6. The number of nitrogens with zero attached hydrogens (tertiary/aromatic N) is 1. The van der Waals surface area contributed by atoms with Crippen LogP contribution in [-0.4, -0.2) is 29.9 Å².